The van der Waals surface area contributed by atoms with Gasteiger partial charge in [-0.05, 0) is 20.3 Å². The first-order chi connectivity index (χ1) is 12.0. The maximum atomic E-state index is 6.32. The van der Waals surface area contributed by atoms with E-state index in [2.05, 4.69) is 9.72 Å². The van der Waals surface area contributed by atoms with Gasteiger partial charge in [0.1, 0.15) is 11.6 Å². The Balaban J connectivity index is 2.22. The summed E-state index contributed by atoms with van der Waals surface area (Å²) in [6, 6.07) is 3.65. The summed E-state index contributed by atoms with van der Waals surface area (Å²) >= 11 is 0. The molecule has 0 bridgehead atoms. The Bertz CT molecular complexity index is 878. The number of ether oxygens (including phenoxy) is 2. The predicted octanol–water partition coefficient (Wildman–Crippen LogP) is 3.12. The molecule has 3 rings (SSSR count). The zero-order valence-electron chi connectivity index (χ0n) is 15.3. The van der Waals surface area contributed by atoms with Gasteiger partial charge >= 0.3 is 0 Å². The first-order valence-electron chi connectivity index (χ1n) is 8.29. The van der Waals surface area contributed by atoms with Crippen LogP contribution in [0.25, 0.3) is 11.0 Å². The Morgan fingerprint density at radius 3 is 2.44 bits per heavy atom. The van der Waals surface area contributed by atoms with Crippen molar-refractivity contribution in [2.75, 3.05) is 14.2 Å². The number of hydrogen-bond donors (Lipinski definition) is 1. The van der Waals surface area contributed by atoms with Gasteiger partial charge in [0.2, 0.25) is 0 Å². The van der Waals surface area contributed by atoms with Crippen LogP contribution in [0.5, 0.6) is 11.5 Å². The molecule has 134 valence electrons. The predicted molar refractivity (Wildman–Crippen MR) is 95.1 cm³/mol. The summed E-state index contributed by atoms with van der Waals surface area (Å²) in [5, 5.41) is 4.05. The van der Waals surface area contributed by atoms with Crippen LogP contribution < -0.4 is 15.2 Å². The van der Waals surface area contributed by atoms with Gasteiger partial charge < -0.3 is 24.3 Å². The molecule has 3 aromatic rings. The summed E-state index contributed by atoms with van der Waals surface area (Å²) in [5.41, 5.74) is 10.00. The van der Waals surface area contributed by atoms with Gasteiger partial charge in [-0.15, -0.1) is 0 Å². The summed E-state index contributed by atoms with van der Waals surface area (Å²) in [5.74, 6) is 2.93. The first kappa shape index (κ1) is 17.3. The van der Waals surface area contributed by atoms with Crippen molar-refractivity contribution in [1.29, 1.82) is 0 Å². The Kier molecular flexibility index (Phi) is 4.67. The average Bonchev–Trinajstić information content (AvgIpc) is 3.14. The summed E-state index contributed by atoms with van der Waals surface area (Å²) in [4.78, 5) is 4.76. The molecule has 0 saturated heterocycles. The lowest BCUT2D eigenvalue weighted by molar-refractivity contribution is 0.355. The number of nitrogens with two attached hydrogens (primary N) is 1. The molecule has 0 aliphatic rings. The van der Waals surface area contributed by atoms with Gasteiger partial charge in [0.05, 0.1) is 43.5 Å². The van der Waals surface area contributed by atoms with E-state index in [1.165, 1.54) is 0 Å². The third-order valence-electron chi connectivity index (χ3n) is 4.55. The Hall–Kier alpha value is -2.54. The van der Waals surface area contributed by atoms with Gasteiger partial charge in [0.15, 0.2) is 11.5 Å². The van der Waals surface area contributed by atoms with Gasteiger partial charge in [-0.1, -0.05) is 12.1 Å². The quantitative estimate of drug-likeness (QED) is 0.739. The van der Waals surface area contributed by atoms with Crippen molar-refractivity contribution in [3.05, 3.63) is 35.0 Å². The Morgan fingerprint density at radius 2 is 1.88 bits per heavy atom. The molecule has 2 N–H and O–H groups in total. The molecular weight excluding hydrogens is 320 g/mol. The number of benzene rings is 1. The number of fused-ring (bicyclic) bond motifs is 1. The van der Waals surface area contributed by atoms with E-state index < -0.39 is 0 Å². The average molecular weight is 344 g/mol. The molecule has 2 aromatic heterocycles. The van der Waals surface area contributed by atoms with E-state index in [1.54, 1.807) is 14.2 Å². The second-order valence-electron chi connectivity index (χ2n) is 6.07. The number of nitrogens with zero attached hydrogens (tertiary/aromatic N) is 3. The van der Waals surface area contributed by atoms with E-state index >= 15 is 0 Å². The van der Waals surface area contributed by atoms with Crippen LogP contribution >= 0.6 is 0 Å². The number of aryl methyl sites for hydroxylation is 2. The summed E-state index contributed by atoms with van der Waals surface area (Å²) < 4.78 is 18.3. The molecule has 0 fully saturated rings. The third kappa shape index (κ3) is 2.95. The molecule has 0 spiro atoms. The second-order valence-corrected chi connectivity index (χ2v) is 6.07. The highest BCUT2D eigenvalue weighted by atomic mass is 16.5. The molecular formula is C18H24N4O3. The first-order valence-corrected chi connectivity index (χ1v) is 8.29. The van der Waals surface area contributed by atoms with Crippen LogP contribution in [-0.4, -0.2) is 28.9 Å². The van der Waals surface area contributed by atoms with Crippen LogP contribution in [0, 0.1) is 13.8 Å². The number of hydrogen-bond acceptors (Lipinski definition) is 6. The van der Waals surface area contributed by atoms with Crippen LogP contribution in [-0.2, 0) is 6.54 Å². The van der Waals surface area contributed by atoms with E-state index in [0.717, 1.165) is 40.3 Å². The number of imidazole rings is 1. The molecule has 1 atom stereocenters. The van der Waals surface area contributed by atoms with Crippen molar-refractivity contribution < 1.29 is 14.0 Å². The molecule has 0 saturated carbocycles. The van der Waals surface area contributed by atoms with E-state index in [1.807, 2.05) is 32.9 Å². The fourth-order valence-electron chi connectivity index (χ4n) is 2.99. The van der Waals surface area contributed by atoms with Crippen LogP contribution in [0.3, 0.4) is 0 Å². The van der Waals surface area contributed by atoms with E-state index in [0.29, 0.717) is 18.0 Å². The number of methoxy groups -OCH3 is 2. The molecule has 0 aliphatic carbocycles. The largest absolute Gasteiger partial charge is 0.493 e. The van der Waals surface area contributed by atoms with E-state index in [-0.39, 0.29) is 6.04 Å². The van der Waals surface area contributed by atoms with Crippen LogP contribution in [0.1, 0.15) is 42.2 Å². The smallest absolute Gasteiger partial charge is 0.163 e. The van der Waals surface area contributed by atoms with Crippen LogP contribution in [0.2, 0.25) is 0 Å². The lowest BCUT2D eigenvalue weighted by Crippen LogP contribution is -2.16. The highest BCUT2D eigenvalue weighted by Gasteiger charge is 2.21. The molecule has 0 aliphatic heterocycles. The monoisotopic (exact) mass is 344 g/mol. The SMILES string of the molecule is CCC(N)c1nc2cc(OC)c(OC)cc2n1Cc1c(C)noc1C. The lowest BCUT2D eigenvalue weighted by Gasteiger charge is -2.14. The van der Waals surface area contributed by atoms with Gasteiger partial charge in [-0.3, -0.25) is 0 Å². The molecule has 0 amide bonds. The summed E-state index contributed by atoms with van der Waals surface area (Å²) in [6.07, 6.45) is 0.791. The zero-order valence-corrected chi connectivity index (χ0v) is 15.3. The van der Waals surface area contributed by atoms with Crippen LogP contribution in [0.4, 0.5) is 0 Å². The number of aromatic nitrogens is 3. The maximum absolute atomic E-state index is 6.32. The number of rotatable bonds is 6. The molecule has 7 heteroatoms. The Morgan fingerprint density at radius 1 is 1.20 bits per heavy atom. The topological polar surface area (TPSA) is 88.3 Å². The van der Waals surface area contributed by atoms with E-state index in [4.69, 9.17) is 24.7 Å². The zero-order chi connectivity index (χ0) is 18.1. The molecule has 0 radical (unpaired) electrons. The fourth-order valence-corrected chi connectivity index (χ4v) is 2.99. The van der Waals surface area contributed by atoms with Crippen molar-refractivity contribution >= 4 is 11.0 Å². The second kappa shape index (κ2) is 6.76. The lowest BCUT2D eigenvalue weighted by atomic mass is 10.2. The summed E-state index contributed by atoms with van der Waals surface area (Å²) in [7, 11) is 3.24. The van der Waals surface area contributed by atoms with Crippen molar-refractivity contribution in [2.45, 2.75) is 39.8 Å². The van der Waals surface area contributed by atoms with Crippen molar-refractivity contribution in [3.63, 3.8) is 0 Å². The van der Waals surface area contributed by atoms with Crippen molar-refractivity contribution in [2.24, 2.45) is 5.73 Å². The molecule has 1 unspecified atom stereocenters. The van der Waals surface area contributed by atoms with Crippen molar-refractivity contribution in [3.8, 4) is 11.5 Å². The minimum Gasteiger partial charge on any atom is -0.493 e. The summed E-state index contributed by atoms with van der Waals surface area (Å²) in [6.45, 7) is 6.49. The molecule has 25 heavy (non-hydrogen) atoms. The Labute approximate surface area is 146 Å². The van der Waals surface area contributed by atoms with Crippen molar-refractivity contribution in [1.82, 2.24) is 14.7 Å². The minimum absolute atomic E-state index is 0.162. The van der Waals surface area contributed by atoms with Gasteiger partial charge in [-0.2, -0.15) is 0 Å². The van der Waals surface area contributed by atoms with Gasteiger partial charge in [0, 0.05) is 17.7 Å². The maximum Gasteiger partial charge on any atom is 0.163 e. The van der Waals surface area contributed by atoms with E-state index in [9.17, 15) is 0 Å². The molecule has 2 heterocycles. The standard InChI is InChI=1S/C18H24N4O3/c1-6-13(19)18-20-14-7-16(23-4)17(24-5)8-15(14)22(18)9-12-10(2)21-25-11(12)3/h7-8,13H,6,9,19H2,1-5H3. The highest BCUT2D eigenvalue weighted by molar-refractivity contribution is 5.81. The highest BCUT2D eigenvalue weighted by Crippen LogP contribution is 2.34. The van der Waals surface area contributed by atoms with Gasteiger partial charge in [-0.25, -0.2) is 4.98 Å². The van der Waals surface area contributed by atoms with Gasteiger partial charge in [0.25, 0.3) is 0 Å². The molecule has 1 aromatic carbocycles. The third-order valence-corrected chi connectivity index (χ3v) is 4.55. The minimum atomic E-state index is -0.162. The normalized spacial score (nSPS) is 12.6. The van der Waals surface area contributed by atoms with Crippen LogP contribution in [0.15, 0.2) is 16.7 Å². The fraction of sp³-hybridized carbons (Fsp3) is 0.444. The molecule has 7 nitrogen and oxygen atoms in total.